The van der Waals surface area contributed by atoms with Crippen LogP contribution in [0.15, 0.2) is 59.3 Å². The van der Waals surface area contributed by atoms with E-state index in [0.29, 0.717) is 42.4 Å². The van der Waals surface area contributed by atoms with Gasteiger partial charge in [-0.15, -0.1) is 0 Å². The molecule has 4 aromatic rings. The normalized spacial score (nSPS) is 11.7. The highest BCUT2D eigenvalue weighted by Gasteiger charge is 2.35. The van der Waals surface area contributed by atoms with E-state index in [-0.39, 0.29) is 16.5 Å². The molecule has 9 nitrogen and oxygen atoms in total. The van der Waals surface area contributed by atoms with Crippen LogP contribution in [0, 0.1) is 17.0 Å². The average molecular weight is 545 g/mol. The van der Waals surface area contributed by atoms with Crippen LogP contribution in [0.2, 0.25) is 0 Å². The number of fused-ring (bicyclic) bond motifs is 1. The minimum absolute atomic E-state index is 0.170. The van der Waals surface area contributed by atoms with Crippen molar-refractivity contribution in [1.29, 1.82) is 0 Å². The Morgan fingerprint density at radius 2 is 1.87 bits per heavy atom. The van der Waals surface area contributed by atoms with Crippen LogP contribution in [0.1, 0.15) is 22.7 Å². The van der Waals surface area contributed by atoms with Crippen molar-refractivity contribution in [3.8, 4) is 0 Å². The van der Waals surface area contributed by atoms with Crippen LogP contribution in [0.4, 0.5) is 30.2 Å². The van der Waals surface area contributed by atoms with Crippen molar-refractivity contribution in [3.63, 3.8) is 0 Å². The number of nitro groups is 1. The molecule has 0 aliphatic carbocycles. The van der Waals surface area contributed by atoms with Crippen molar-refractivity contribution in [2.24, 2.45) is 5.73 Å². The number of alkyl halides is 3. The monoisotopic (exact) mass is 544 g/mol. The van der Waals surface area contributed by atoms with Gasteiger partial charge in [0.2, 0.25) is 0 Å². The number of para-hydroxylation sites is 1. The summed E-state index contributed by atoms with van der Waals surface area (Å²) < 4.78 is 47.1. The number of hydrogen-bond donors (Lipinski definition) is 1. The molecule has 0 aliphatic rings. The number of likely N-dealkylation sites (N-methyl/N-ethyl adjacent to an activating group) is 1. The number of benzene rings is 2. The first-order chi connectivity index (χ1) is 18.0. The van der Waals surface area contributed by atoms with Gasteiger partial charge in [0, 0.05) is 23.2 Å². The molecule has 0 unspecified atom stereocenters. The smallest absolute Gasteiger partial charge is 0.418 e. The summed E-state index contributed by atoms with van der Waals surface area (Å²) in [6, 6.07) is 10.1. The van der Waals surface area contributed by atoms with Crippen molar-refractivity contribution in [1.82, 2.24) is 14.9 Å². The Morgan fingerprint density at radius 3 is 2.50 bits per heavy atom. The molecule has 0 saturated carbocycles. The Balaban J connectivity index is 1.60. The third kappa shape index (κ3) is 5.73. The Hall–Kier alpha value is -4.10. The highest BCUT2D eigenvalue weighted by atomic mass is 32.1. The topological polar surface area (TPSA) is 115 Å². The van der Waals surface area contributed by atoms with Gasteiger partial charge in [0.1, 0.15) is 29.6 Å². The predicted octanol–water partition coefficient (Wildman–Crippen LogP) is 5.51. The van der Waals surface area contributed by atoms with Crippen LogP contribution >= 0.6 is 12.2 Å². The summed E-state index contributed by atoms with van der Waals surface area (Å²) in [5.41, 5.74) is 6.53. The number of nitrogens with two attached hydrogens (primary N) is 1. The lowest BCUT2D eigenvalue weighted by molar-refractivity contribution is -0.385. The summed E-state index contributed by atoms with van der Waals surface area (Å²) in [4.78, 5) is 21.4. The largest absolute Gasteiger partial charge is 0.461 e. The highest BCUT2D eigenvalue weighted by molar-refractivity contribution is 7.80. The molecular weight excluding hydrogens is 521 g/mol. The van der Waals surface area contributed by atoms with Gasteiger partial charge in [-0.05, 0) is 62.9 Å². The second-order valence-electron chi connectivity index (χ2n) is 8.61. The first-order valence-corrected chi connectivity index (χ1v) is 11.8. The van der Waals surface area contributed by atoms with E-state index in [1.165, 1.54) is 23.1 Å². The van der Waals surface area contributed by atoms with Crippen molar-refractivity contribution in [3.05, 3.63) is 87.7 Å². The molecule has 0 amide bonds. The molecule has 0 fully saturated rings. The summed E-state index contributed by atoms with van der Waals surface area (Å²) in [7, 11) is 1.86. The number of aromatic nitrogens is 2. The van der Waals surface area contributed by atoms with Crippen LogP contribution in [-0.2, 0) is 19.1 Å². The lowest BCUT2D eigenvalue weighted by atomic mass is 10.1. The van der Waals surface area contributed by atoms with E-state index < -0.39 is 16.7 Å². The van der Waals surface area contributed by atoms with E-state index in [9.17, 15) is 23.3 Å². The van der Waals surface area contributed by atoms with Crippen molar-refractivity contribution in [2.75, 3.05) is 18.5 Å². The zero-order chi connectivity index (χ0) is 27.6. The minimum atomic E-state index is -4.60. The fraction of sp³-hybridized carbons (Fsp3) is 0.240. The van der Waals surface area contributed by atoms with E-state index in [4.69, 9.17) is 22.4 Å². The van der Waals surface area contributed by atoms with Crippen LogP contribution in [-0.4, -0.2) is 38.5 Å². The fourth-order valence-electron chi connectivity index (χ4n) is 4.15. The second-order valence-corrected chi connectivity index (χ2v) is 9.03. The number of thiocarbonyl (C=S) groups is 1. The van der Waals surface area contributed by atoms with Gasteiger partial charge in [0.15, 0.2) is 5.11 Å². The summed E-state index contributed by atoms with van der Waals surface area (Å²) in [5.74, 6) is 1.11. The molecule has 0 bridgehead atoms. The zero-order valence-corrected chi connectivity index (χ0v) is 21.2. The number of rotatable bonds is 8. The molecule has 4 rings (SSSR count). The standard InChI is InChI=1S/C25H23F3N6O3S/c1-15-18(9-10-32(2)14-23-30-12-17(13-31-23)34(35)36)19-11-16(7-8-22(19)37-15)33(24(29)38)21-6-4-3-5-20(21)25(26,27)28/h3-8,11-13H,9-10,14H2,1-2H3,(H2,29,38). The molecule has 2 aromatic heterocycles. The Labute approximate surface area is 220 Å². The minimum Gasteiger partial charge on any atom is -0.461 e. The number of furan rings is 1. The van der Waals surface area contributed by atoms with E-state index in [1.807, 2.05) is 18.9 Å². The van der Waals surface area contributed by atoms with Crippen molar-refractivity contribution < 1.29 is 22.5 Å². The van der Waals surface area contributed by atoms with Gasteiger partial charge in [0.05, 0.1) is 22.7 Å². The zero-order valence-electron chi connectivity index (χ0n) is 20.4. The third-order valence-electron chi connectivity index (χ3n) is 5.96. The highest BCUT2D eigenvalue weighted by Crippen LogP contribution is 2.40. The SMILES string of the molecule is Cc1oc2ccc(N(C(N)=S)c3ccccc3C(F)(F)F)cc2c1CCN(C)Cc1ncc([N+](=O)[O-])cn1. The third-order valence-corrected chi connectivity index (χ3v) is 6.15. The van der Waals surface area contributed by atoms with Gasteiger partial charge < -0.3 is 10.2 Å². The molecule has 2 aromatic carbocycles. The number of anilines is 2. The second kappa shape index (κ2) is 10.7. The molecule has 2 heterocycles. The molecular formula is C25H23F3N6O3S. The molecule has 0 atom stereocenters. The van der Waals surface area contributed by atoms with Crippen LogP contribution in [0.3, 0.4) is 0 Å². The van der Waals surface area contributed by atoms with Gasteiger partial charge in [-0.3, -0.25) is 19.9 Å². The number of hydrogen-bond acceptors (Lipinski definition) is 7. The molecule has 2 N–H and O–H groups in total. The fourth-order valence-corrected chi connectivity index (χ4v) is 4.35. The Morgan fingerprint density at radius 1 is 1.18 bits per heavy atom. The summed E-state index contributed by atoms with van der Waals surface area (Å²) in [6.45, 7) is 2.75. The number of aryl methyl sites for hydroxylation is 1. The maximum Gasteiger partial charge on any atom is 0.418 e. The first-order valence-electron chi connectivity index (χ1n) is 11.4. The van der Waals surface area contributed by atoms with Crippen LogP contribution < -0.4 is 10.6 Å². The van der Waals surface area contributed by atoms with Gasteiger partial charge in [-0.1, -0.05) is 12.1 Å². The van der Waals surface area contributed by atoms with Crippen molar-refractivity contribution in [2.45, 2.75) is 26.1 Å². The van der Waals surface area contributed by atoms with E-state index in [0.717, 1.165) is 29.4 Å². The molecule has 0 saturated heterocycles. The number of nitrogens with zero attached hydrogens (tertiary/aromatic N) is 5. The predicted molar refractivity (Wildman–Crippen MR) is 140 cm³/mol. The van der Waals surface area contributed by atoms with Gasteiger partial charge in [0.25, 0.3) is 0 Å². The van der Waals surface area contributed by atoms with Gasteiger partial charge in [-0.25, -0.2) is 9.97 Å². The molecule has 38 heavy (non-hydrogen) atoms. The molecule has 0 aliphatic heterocycles. The Bertz CT molecular complexity index is 1490. The lowest BCUT2D eigenvalue weighted by Crippen LogP contribution is -2.32. The van der Waals surface area contributed by atoms with Crippen LogP contribution in [0.25, 0.3) is 11.0 Å². The number of halogens is 3. The lowest BCUT2D eigenvalue weighted by Gasteiger charge is -2.26. The summed E-state index contributed by atoms with van der Waals surface area (Å²) >= 11 is 5.15. The van der Waals surface area contributed by atoms with E-state index >= 15 is 0 Å². The maximum absolute atomic E-state index is 13.7. The maximum atomic E-state index is 13.7. The summed E-state index contributed by atoms with van der Waals surface area (Å²) in [6.07, 6.45) is -1.72. The summed E-state index contributed by atoms with van der Waals surface area (Å²) in [5, 5.41) is 11.3. The van der Waals surface area contributed by atoms with Gasteiger partial charge >= 0.3 is 11.9 Å². The molecule has 0 radical (unpaired) electrons. The Kier molecular flexibility index (Phi) is 7.60. The van der Waals surface area contributed by atoms with E-state index in [1.54, 1.807) is 18.2 Å². The molecule has 198 valence electrons. The quantitative estimate of drug-likeness (QED) is 0.174. The molecule has 13 heteroatoms. The first kappa shape index (κ1) is 26.9. The van der Waals surface area contributed by atoms with Gasteiger partial charge in [-0.2, -0.15) is 13.2 Å². The van der Waals surface area contributed by atoms with E-state index in [2.05, 4.69) is 9.97 Å². The van der Waals surface area contributed by atoms with Crippen LogP contribution in [0.5, 0.6) is 0 Å². The molecule has 0 spiro atoms. The average Bonchev–Trinajstić information content (AvgIpc) is 3.17. The van der Waals surface area contributed by atoms with Crippen molar-refractivity contribution >= 4 is 45.4 Å².